The molecule has 118 valence electrons. The van der Waals surface area contributed by atoms with E-state index in [1.54, 1.807) is 6.20 Å². The highest BCUT2D eigenvalue weighted by Crippen LogP contribution is 2.30. The molecule has 1 aromatic rings. The van der Waals surface area contributed by atoms with Crippen LogP contribution in [0.1, 0.15) is 33.6 Å². The Balaban J connectivity index is 2.32. The average Bonchev–Trinajstić information content (AvgIpc) is 2.44. The van der Waals surface area contributed by atoms with Crippen LogP contribution >= 0.6 is 15.9 Å². The second kappa shape index (κ2) is 6.92. The number of halogens is 1. The number of rotatable bonds is 4. The number of aromatic nitrogens is 2. The molecular formula is C15H25BrN4O. The van der Waals surface area contributed by atoms with Gasteiger partial charge in [-0.3, -0.25) is 4.79 Å². The molecule has 1 saturated heterocycles. The maximum atomic E-state index is 12.4. The van der Waals surface area contributed by atoms with Crippen molar-refractivity contribution in [3.63, 3.8) is 0 Å². The number of piperidine rings is 1. The molecule has 0 spiro atoms. The van der Waals surface area contributed by atoms with Crippen LogP contribution in [0.15, 0.2) is 15.5 Å². The smallest absolute Gasteiger partial charge is 0.283 e. The molecule has 1 aliphatic rings. The van der Waals surface area contributed by atoms with Crippen molar-refractivity contribution in [1.82, 2.24) is 9.78 Å². The van der Waals surface area contributed by atoms with Crippen LogP contribution in [0, 0.1) is 11.8 Å². The molecule has 2 unspecified atom stereocenters. The molecule has 2 N–H and O–H groups in total. The zero-order valence-electron chi connectivity index (χ0n) is 13.1. The molecule has 1 aliphatic heterocycles. The van der Waals surface area contributed by atoms with Gasteiger partial charge in [-0.1, -0.05) is 20.8 Å². The van der Waals surface area contributed by atoms with Crippen molar-refractivity contribution >= 4 is 21.6 Å². The van der Waals surface area contributed by atoms with Gasteiger partial charge in [0, 0.05) is 25.7 Å². The molecular weight excluding hydrogens is 332 g/mol. The molecule has 2 rings (SSSR count). The first-order valence-corrected chi connectivity index (χ1v) is 8.45. The topological polar surface area (TPSA) is 64.2 Å². The molecule has 5 nitrogen and oxygen atoms in total. The predicted molar refractivity (Wildman–Crippen MR) is 89.6 cm³/mol. The summed E-state index contributed by atoms with van der Waals surface area (Å²) in [6.45, 7) is 8.57. The van der Waals surface area contributed by atoms with Crippen molar-refractivity contribution in [3.8, 4) is 0 Å². The lowest BCUT2D eigenvalue weighted by atomic mass is 9.92. The van der Waals surface area contributed by atoms with E-state index in [4.69, 9.17) is 5.73 Å². The van der Waals surface area contributed by atoms with E-state index in [1.807, 2.05) is 0 Å². The van der Waals surface area contributed by atoms with Crippen LogP contribution in [-0.2, 0) is 6.54 Å². The van der Waals surface area contributed by atoms with Gasteiger partial charge in [0.2, 0.25) is 0 Å². The highest BCUT2D eigenvalue weighted by molar-refractivity contribution is 9.10. The second-order valence-corrected chi connectivity index (χ2v) is 7.23. The summed E-state index contributed by atoms with van der Waals surface area (Å²) in [6, 6.07) is 0.284. The normalized spacial score (nSPS) is 22.9. The summed E-state index contributed by atoms with van der Waals surface area (Å²) in [5, 5.41) is 4.33. The highest BCUT2D eigenvalue weighted by Gasteiger charge is 2.28. The van der Waals surface area contributed by atoms with Gasteiger partial charge < -0.3 is 10.6 Å². The Hall–Kier alpha value is -0.880. The molecule has 0 saturated carbocycles. The molecule has 0 aliphatic carbocycles. The lowest BCUT2D eigenvalue weighted by Crippen LogP contribution is -2.47. The van der Waals surface area contributed by atoms with Crippen molar-refractivity contribution in [1.29, 1.82) is 0 Å². The van der Waals surface area contributed by atoms with Gasteiger partial charge in [0.1, 0.15) is 4.47 Å². The quantitative estimate of drug-likeness (QED) is 0.898. The zero-order chi connectivity index (χ0) is 15.6. The van der Waals surface area contributed by atoms with Gasteiger partial charge in [-0.2, -0.15) is 5.10 Å². The van der Waals surface area contributed by atoms with Crippen molar-refractivity contribution in [3.05, 3.63) is 21.0 Å². The Kier molecular flexibility index (Phi) is 5.43. The van der Waals surface area contributed by atoms with Crippen molar-refractivity contribution in [2.24, 2.45) is 17.6 Å². The van der Waals surface area contributed by atoms with Crippen LogP contribution in [0.25, 0.3) is 0 Å². The second-order valence-electron chi connectivity index (χ2n) is 6.44. The van der Waals surface area contributed by atoms with Crippen LogP contribution in [0.3, 0.4) is 0 Å². The SMILES string of the molecule is CC(C)Cn1ncc(N2CCC(C)CC2CN)c(Br)c1=O. The molecule has 1 fully saturated rings. The Morgan fingerprint density at radius 1 is 1.52 bits per heavy atom. The fourth-order valence-corrected chi connectivity index (χ4v) is 3.46. The summed E-state index contributed by atoms with van der Waals surface area (Å²) >= 11 is 3.47. The number of nitrogens with two attached hydrogens (primary N) is 1. The standard InChI is InChI=1S/C15H25BrN4O/c1-10(2)9-20-15(21)14(16)13(8-18-20)19-5-4-11(3)6-12(19)7-17/h8,10-12H,4-7,9,17H2,1-3H3. The molecule has 0 amide bonds. The lowest BCUT2D eigenvalue weighted by molar-refractivity contribution is 0.365. The van der Waals surface area contributed by atoms with E-state index in [2.05, 4.69) is 46.7 Å². The maximum absolute atomic E-state index is 12.4. The third-order valence-corrected chi connectivity index (χ3v) is 4.81. The van der Waals surface area contributed by atoms with E-state index >= 15 is 0 Å². The Labute approximate surface area is 134 Å². The third-order valence-electron chi connectivity index (χ3n) is 4.06. The van der Waals surface area contributed by atoms with E-state index in [9.17, 15) is 4.79 Å². The molecule has 2 heterocycles. The molecule has 1 aromatic heterocycles. The summed E-state index contributed by atoms with van der Waals surface area (Å²) in [5.74, 6) is 1.07. The summed E-state index contributed by atoms with van der Waals surface area (Å²) in [5.41, 5.74) is 6.73. The van der Waals surface area contributed by atoms with Gasteiger partial charge in [-0.05, 0) is 40.6 Å². The molecule has 6 heteroatoms. The van der Waals surface area contributed by atoms with Crippen LogP contribution in [-0.4, -0.2) is 28.9 Å². The molecule has 21 heavy (non-hydrogen) atoms. The first-order valence-electron chi connectivity index (χ1n) is 7.66. The van der Waals surface area contributed by atoms with E-state index in [-0.39, 0.29) is 11.6 Å². The molecule has 2 atom stereocenters. The fraction of sp³-hybridized carbons (Fsp3) is 0.733. The summed E-state index contributed by atoms with van der Waals surface area (Å²) in [6.07, 6.45) is 3.99. The Morgan fingerprint density at radius 2 is 2.24 bits per heavy atom. The average molecular weight is 357 g/mol. The van der Waals surface area contributed by atoms with Gasteiger partial charge >= 0.3 is 0 Å². The van der Waals surface area contributed by atoms with Crippen molar-refractivity contribution in [2.75, 3.05) is 18.0 Å². The fourth-order valence-electron chi connectivity index (χ4n) is 2.92. The van der Waals surface area contributed by atoms with Crippen LogP contribution in [0.2, 0.25) is 0 Å². The number of nitrogens with zero attached hydrogens (tertiary/aromatic N) is 3. The minimum Gasteiger partial charge on any atom is -0.365 e. The molecule has 0 aromatic carbocycles. The van der Waals surface area contributed by atoms with E-state index in [0.29, 0.717) is 29.4 Å². The van der Waals surface area contributed by atoms with Crippen molar-refractivity contribution < 1.29 is 0 Å². The Morgan fingerprint density at radius 3 is 2.86 bits per heavy atom. The summed E-state index contributed by atoms with van der Waals surface area (Å²) in [7, 11) is 0. The largest absolute Gasteiger partial charge is 0.365 e. The van der Waals surface area contributed by atoms with Gasteiger partial charge in [0.05, 0.1) is 11.9 Å². The van der Waals surface area contributed by atoms with Crippen LogP contribution < -0.4 is 16.2 Å². The number of anilines is 1. The van der Waals surface area contributed by atoms with E-state index < -0.39 is 0 Å². The van der Waals surface area contributed by atoms with Gasteiger partial charge in [0.15, 0.2) is 0 Å². The van der Waals surface area contributed by atoms with E-state index in [0.717, 1.165) is 25.1 Å². The lowest BCUT2D eigenvalue weighted by Gasteiger charge is -2.39. The summed E-state index contributed by atoms with van der Waals surface area (Å²) in [4.78, 5) is 14.7. The van der Waals surface area contributed by atoms with Gasteiger partial charge in [-0.25, -0.2) is 4.68 Å². The Bertz CT molecular complexity index is 543. The minimum absolute atomic E-state index is 0.0596. The first-order chi connectivity index (χ1) is 9.93. The van der Waals surface area contributed by atoms with Crippen molar-refractivity contribution in [2.45, 2.75) is 46.2 Å². The predicted octanol–water partition coefficient (Wildman–Crippen LogP) is 2.23. The third kappa shape index (κ3) is 3.66. The van der Waals surface area contributed by atoms with Crippen LogP contribution in [0.5, 0.6) is 0 Å². The first kappa shape index (κ1) is 16.5. The minimum atomic E-state index is -0.0596. The zero-order valence-corrected chi connectivity index (χ0v) is 14.6. The number of hydrogen-bond donors (Lipinski definition) is 1. The number of hydrogen-bond acceptors (Lipinski definition) is 4. The van der Waals surface area contributed by atoms with Gasteiger partial charge in [-0.15, -0.1) is 0 Å². The van der Waals surface area contributed by atoms with E-state index in [1.165, 1.54) is 4.68 Å². The summed E-state index contributed by atoms with van der Waals surface area (Å²) < 4.78 is 2.13. The highest BCUT2D eigenvalue weighted by atomic mass is 79.9. The van der Waals surface area contributed by atoms with Gasteiger partial charge in [0.25, 0.3) is 5.56 Å². The molecule has 0 radical (unpaired) electrons. The van der Waals surface area contributed by atoms with Crippen LogP contribution in [0.4, 0.5) is 5.69 Å². The maximum Gasteiger partial charge on any atom is 0.283 e. The monoisotopic (exact) mass is 356 g/mol. The molecule has 0 bridgehead atoms.